The zero-order chi connectivity index (χ0) is 22.7. The molecule has 168 valence electrons. The van der Waals surface area contributed by atoms with Crippen molar-refractivity contribution in [1.29, 1.82) is 0 Å². The highest BCUT2D eigenvalue weighted by molar-refractivity contribution is 5.95. The molecule has 2 bridgehead atoms. The van der Waals surface area contributed by atoms with Crippen LogP contribution in [0.15, 0.2) is 41.6 Å². The summed E-state index contributed by atoms with van der Waals surface area (Å²) in [5, 5.41) is 1.45. The highest BCUT2D eigenvalue weighted by Gasteiger charge is 2.65. The van der Waals surface area contributed by atoms with E-state index in [1.165, 1.54) is 0 Å². The molecule has 0 amide bonds. The zero-order valence-corrected chi connectivity index (χ0v) is 19.1. The minimum absolute atomic E-state index is 0.0677. The van der Waals surface area contributed by atoms with Crippen LogP contribution < -0.4 is 20.8 Å². The molecule has 3 saturated carbocycles. The summed E-state index contributed by atoms with van der Waals surface area (Å²) in [6.07, 6.45) is 8.58. The molecule has 0 spiro atoms. The van der Waals surface area contributed by atoms with Gasteiger partial charge in [-0.15, -0.1) is 0 Å². The van der Waals surface area contributed by atoms with E-state index in [0.717, 1.165) is 65.9 Å². The van der Waals surface area contributed by atoms with Crippen LogP contribution in [0.3, 0.4) is 0 Å². The summed E-state index contributed by atoms with van der Waals surface area (Å²) in [6.45, 7) is 1.75. The van der Waals surface area contributed by atoms with Crippen molar-refractivity contribution >= 4 is 10.8 Å². The second-order valence-electron chi connectivity index (χ2n) is 9.80. The molecule has 32 heavy (non-hydrogen) atoms. The van der Waals surface area contributed by atoms with Crippen molar-refractivity contribution in [1.82, 2.24) is 14.5 Å². The smallest absolute Gasteiger partial charge is 0.259 e. The predicted octanol–water partition coefficient (Wildman–Crippen LogP) is 2.93. The van der Waals surface area contributed by atoms with Crippen LogP contribution in [0.5, 0.6) is 11.5 Å². The average molecular weight is 435 g/mol. The van der Waals surface area contributed by atoms with Crippen molar-refractivity contribution in [3.05, 3.63) is 52.7 Å². The van der Waals surface area contributed by atoms with Crippen molar-refractivity contribution in [2.75, 3.05) is 27.8 Å². The lowest BCUT2D eigenvalue weighted by Gasteiger charge is -2.70. The van der Waals surface area contributed by atoms with Gasteiger partial charge in [-0.25, -0.2) is 0 Å². The molecule has 0 radical (unpaired) electrons. The van der Waals surface area contributed by atoms with Gasteiger partial charge in [0.05, 0.1) is 25.2 Å². The summed E-state index contributed by atoms with van der Waals surface area (Å²) < 4.78 is 13.2. The first-order chi connectivity index (χ1) is 15.3. The molecule has 3 aliphatic rings. The molecule has 3 aliphatic carbocycles. The fourth-order valence-corrected chi connectivity index (χ4v) is 5.99. The molecular formula is C25H30N4O3. The van der Waals surface area contributed by atoms with E-state index in [-0.39, 0.29) is 11.1 Å². The van der Waals surface area contributed by atoms with Gasteiger partial charge >= 0.3 is 0 Å². The first-order valence-corrected chi connectivity index (χ1v) is 10.9. The Balaban J connectivity index is 1.52. The Hall–Kier alpha value is -2.90. The highest BCUT2D eigenvalue weighted by Crippen LogP contribution is 2.65. The van der Waals surface area contributed by atoms with Crippen LogP contribution in [0.2, 0.25) is 0 Å². The van der Waals surface area contributed by atoms with E-state index in [1.807, 2.05) is 24.4 Å². The Morgan fingerprint density at radius 3 is 2.41 bits per heavy atom. The molecule has 7 heteroatoms. The van der Waals surface area contributed by atoms with Crippen molar-refractivity contribution in [3.63, 3.8) is 0 Å². The monoisotopic (exact) mass is 434 g/mol. The molecule has 2 N–H and O–H groups in total. The van der Waals surface area contributed by atoms with E-state index in [2.05, 4.69) is 16.9 Å². The lowest BCUT2D eigenvalue weighted by Crippen LogP contribution is -2.74. The van der Waals surface area contributed by atoms with E-state index < -0.39 is 0 Å². The highest BCUT2D eigenvalue weighted by atomic mass is 16.5. The maximum atomic E-state index is 12.6. The molecule has 3 fully saturated rings. The molecule has 2 heterocycles. The van der Waals surface area contributed by atoms with Crippen molar-refractivity contribution in [2.24, 2.45) is 18.2 Å². The van der Waals surface area contributed by atoms with Gasteiger partial charge in [-0.1, -0.05) is 0 Å². The normalized spacial score (nSPS) is 23.7. The van der Waals surface area contributed by atoms with Crippen LogP contribution in [0.25, 0.3) is 21.9 Å². The number of rotatable bonds is 7. The summed E-state index contributed by atoms with van der Waals surface area (Å²) in [5.74, 6) is 1.55. The maximum absolute atomic E-state index is 12.6. The number of aryl methyl sites for hydroxylation is 1. The zero-order valence-electron chi connectivity index (χ0n) is 19.1. The SMILES string of the molecule is COc1cc(-c2cn(C)c(=O)c3cnccc23)cc(OC)c1CN(C)CC12CC(N)(C1)C2. The number of nitrogens with zero attached hydrogens (tertiary/aromatic N) is 3. The van der Waals surface area contributed by atoms with Gasteiger partial charge in [0.25, 0.3) is 5.56 Å². The number of ether oxygens (including phenoxy) is 2. The van der Waals surface area contributed by atoms with Gasteiger partial charge < -0.3 is 24.7 Å². The molecule has 0 saturated heterocycles. The third-order valence-electron chi connectivity index (χ3n) is 7.12. The number of benzene rings is 1. The quantitative estimate of drug-likeness (QED) is 0.616. The number of methoxy groups -OCH3 is 2. The predicted molar refractivity (Wildman–Crippen MR) is 125 cm³/mol. The average Bonchev–Trinajstić information content (AvgIpc) is 2.74. The van der Waals surface area contributed by atoms with Crippen LogP contribution in [0.4, 0.5) is 0 Å². The molecule has 3 aromatic rings. The minimum Gasteiger partial charge on any atom is -0.496 e. The van der Waals surface area contributed by atoms with Crippen LogP contribution in [-0.2, 0) is 13.6 Å². The molecule has 1 aromatic carbocycles. The first kappa shape index (κ1) is 21.0. The molecule has 6 rings (SSSR count). The Kier molecular flexibility index (Phi) is 4.80. The van der Waals surface area contributed by atoms with Gasteiger partial charge in [-0.3, -0.25) is 9.78 Å². The minimum atomic E-state index is -0.0677. The first-order valence-electron chi connectivity index (χ1n) is 10.9. The summed E-state index contributed by atoms with van der Waals surface area (Å²) in [6, 6.07) is 5.93. The van der Waals surface area contributed by atoms with Gasteiger partial charge in [0, 0.05) is 49.8 Å². The van der Waals surface area contributed by atoms with E-state index in [9.17, 15) is 4.79 Å². The number of hydrogen-bond acceptors (Lipinski definition) is 6. The molecule has 2 aromatic heterocycles. The summed E-state index contributed by atoms with van der Waals surface area (Å²) >= 11 is 0. The number of hydrogen-bond donors (Lipinski definition) is 1. The fourth-order valence-electron chi connectivity index (χ4n) is 5.99. The summed E-state index contributed by atoms with van der Waals surface area (Å²) in [4.78, 5) is 19.0. The second-order valence-corrected chi connectivity index (χ2v) is 9.80. The molecular weight excluding hydrogens is 404 g/mol. The number of aromatic nitrogens is 2. The van der Waals surface area contributed by atoms with Crippen molar-refractivity contribution in [2.45, 2.75) is 31.3 Å². The topological polar surface area (TPSA) is 82.6 Å². The maximum Gasteiger partial charge on any atom is 0.259 e. The van der Waals surface area contributed by atoms with Crippen LogP contribution in [0, 0.1) is 5.41 Å². The number of fused-ring (bicyclic) bond motifs is 1. The van der Waals surface area contributed by atoms with Crippen LogP contribution in [0.1, 0.15) is 24.8 Å². The van der Waals surface area contributed by atoms with Crippen molar-refractivity contribution in [3.8, 4) is 22.6 Å². The van der Waals surface area contributed by atoms with Gasteiger partial charge in [0.1, 0.15) is 11.5 Å². The largest absolute Gasteiger partial charge is 0.496 e. The van der Waals surface area contributed by atoms with Gasteiger partial charge in [-0.05, 0) is 60.9 Å². The Labute approximate surface area is 187 Å². The Morgan fingerprint density at radius 2 is 1.81 bits per heavy atom. The molecule has 7 nitrogen and oxygen atoms in total. The van der Waals surface area contributed by atoms with Gasteiger partial charge in [0.15, 0.2) is 0 Å². The van der Waals surface area contributed by atoms with E-state index in [4.69, 9.17) is 15.2 Å². The number of pyridine rings is 2. The van der Waals surface area contributed by atoms with Gasteiger partial charge in [0.2, 0.25) is 0 Å². The lowest BCUT2D eigenvalue weighted by molar-refractivity contribution is -0.144. The van der Waals surface area contributed by atoms with E-state index in [1.54, 1.807) is 38.2 Å². The van der Waals surface area contributed by atoms with Crippen LogP contribution >= 0.6 is 0 Å². The lowest BCUT2D eigenvalue weighted by atomic mass is 9.40. The third-order valence-corrected chi connectivity index (χ3v) is 7.12. The molecule has 0 aliphatic heterocycles. The molecule has 0 atom stereocenters. The van der Waals surface area contributed by atoms with E-state index >= 15 is 0 Å². The fraction of sp³-hybridized carbons (Fsp3) is 0.440. The standard InChI is InChI=1S/C25H30N4O3/c1-28(15-24-12-25(26,13-24)14-24)10-20-21(31-3)7-16(8-22(20)32-4)19-11-29(2)23(30)18-9-27-6-5-17(18)19/h5-9,11H,10,12-15,26H2,1-4H3. The summed E-state index contributed by atoms with van der Waals surface area (Å²) in [7, 11) is 7.27. The molecule has 0 unspecified atom stereocenters. The van der Waals surface area contributed by atoms with Crippen LogP contribution in [-0.4, -0.2) is 47.8 Å². The van der Waals surface area contributed by atoms with Gasteiger partial charge in [-0.2, -0.15) is 0 Å². The Morgan fingerprint density at radius 1 is 1.16 bits per heavy atom. The Bertz CT molecular complexity index is 1220. The number of nitrogens with two attached hydrogens (primary N) is 1. The second kappa shape index (κ2) is 7.32. The summed E-state index contributed by atoms with van der Waals surface area (Å²) in [5.41, 5.74) is 9.57. The van der Waals surface area contributed by atoms with Crippen molar-refractivity contribution < 1.29 is 9.47 Å². The third kappa shape index (κ3) is 3.27. The van der Waals surface area contributed by atoms with E-state index in [0.29, 0.717) is 10.8 Å².